The number of pyridine rings is 3. The lowest BCUT2D eigenvalue weighted by atomic mass is 10.1. The van der Waals surface area contributed by atoms with E-state index >= 15 is 0 Å². The molecular formula is C30H31N5O5S. The van der Waals surface area contributed by atoms with Crippen LogP contribution in [0.5, 0.6) is 0 Å². The largest absolute Gasteiger partial charge is 0.384 e. The minimum Gasteiger partial charge on any atom is -0.384 e. The van der Waals surface area contributed by atoms with Crippen molar-refractivity contribution < 1.29 is 22.7 Å². The monoisotopic (exact) mass is 573 g/mol. The van der Waals surface area contributed by atoms with E-state index in [0.29, 0.717) is 23.2 Å². The van der Waals surface area contributed by atoms with Gasteiger partial charge in [-0.3, -0.25) is 9.78 Å². The van der Waals surface area contributed by atoms with Crippen LogP contribution in [0.4, 0.5) is 5.82 Å². The average molecular weight is 574 g/mol. The highest BCUT2D eigenvalue weighted by Gasteiger charge is 2.40. The molecule has 1 aliphatic heterocycles. The van der Waals surface area contributed by atoms with Gasteiger partial charge in [0.25, 0.3) is 5.91 Å². The van der Waals surface area contributed by atoms with Crippen LogP contribution < -0.4 is 10.2 Å². The topological polar surface area (TPSA) is 124 Å². The maximum Gasteiger partial charge on any atom is 0.251 e. The Labute approximate surface area is 238 Å². The quantitative estimate of drug-likeness (QED) is 0.338. The number of carbonyl (C=O) groups is 1. The highest BCUT2D eigenvalue weighted by Crippen LogP contribution is 2.37. The van der Waals surface area contributed by atoms with Gasteiger partial charge in [0.2, 0.25) is 0 Å². The van der Waals surface area contributed by atoms with Gasteiger partial charge in [0.05, 0.1) is 59.6 Å². The molecule has 6 rings (SSSR count). The zero-order valence-corrected chi connectivity index (χ0v) is 23.7. The van der Waals surface area contributed by atoms with Crippen LogP contribution in [0.1, 0.15) is 28.0 Å². The highest BCUT2D eigenvalue weighted by atomic mass is 32.2. The summed E-state index contributed by atoms with van der Waals surface area (Å²) in [5, 5.41) is 3.71. The predicted octanol–water partition coefficient (Wildman–Crippen LogP) is 3.40. The van der Waals surface area contributed by atoms with Crippen molar-refractivity contribution in [3.8, 4) is 11.4 Å². The normalized spacial score (nSPS) is 19.3. The van der Waals surface area contributed by atoms with E-state index in [1.807, 2.05) is 36.4 Å². The molecule has 10 nitrogen and oxygen atoms in total. The van der Waals surface area contributed by atoms with E-state index in [1.165, 1.54) is 6.07 Å². The molecule has 11 heteroatoms. The second kappa shape index (κ2) is 11.2. The van der Waals surface area contributed by atoms with Crippen LogP contribution in [0.2, 0.25) is 0 Å². The van der Waals surface area contributed by atoms with Gasteiger partial charge in [0, 0.05) is 43.3 Å². The number of fused-ring (bicyclic) bond motifs is 2. The number of hydrogen-bond acceptors (Lipinski definition) is 9. The van der Waals surface area contributed by atoms with E-state index in [-0.39, 0.29) is 41.9 Å². The summed E-state index contributed by atoms with van der Waals surface area (Å²) < 4.78 is 35.8. The molecule has 0 radical (unpaired) electrons. The number of carbonyl (C=O) groups excluding carboxylic acids is 1. The molecule has 1 saturated carbocycles. The third kappa shape index (κ3) is 5.79. The Bertz CT molecular complexity index is 1730. The van der Waals surface area contributed by atoms with Crippen LogP contribution >= 0.6 is 0 Å². The fourth-order valence-electron chi connectivity index (χ4n) is 5.17. The third-order valence-corrected chi connectivity index (χ3v) is 9.35. The maximum absolute atomic E-state index is 12.9. The van der Waals surface area contributed by atoms with Crippen molar-refractivity contribution in [3.05, 3.63) is 77.6 Å². The number of anilines is 1. The first-order valence-electron chi connectivity index (χ1n) is 13.5. The van der Waals surface area contributed by atoms with E-state index in [9.17, 15) is 13.2 Å². The van der Waals surface area contributed by atoms with Gasteiger partial charge in [-0.05, 0) is 54.4 Å². The Kier molecular flexibility index (Phi) is 7.41. The average Bonchev–Trinajstić information content (AvgIpc) is 3.78. The van der Waals surface area contributed by atoms with Crippen LogP contribution in [-0.4, -0.2) is 68.4 Å². The number of hydrogen-bond donors (Lipinski definition) is 1. The number of amides is 1. The van der Waals surface area contributed by atoms with Gasteiger partial charge in [0.15, 0.2) is 9.84 Å². The van der Waals surface area contributed by atoms with Crippen molar-refractivity contribution in [2.24, 2.45) is 5.92 Å². The Hall–Kier alpha value is -3.93. The Balaban J connectivity index is 1.17. The van der Waals surface area contributed by atoms with Crippen molar-refractivity contribution in [1.29, 1.82) is 0 Å². The van der Waals surface area contributed by atoms with E-state index in [1.54, 1.807) is 25.4 Å². The number of sulfone groups is 1. The molecule has 0 saturated heterocycles. The number of ether oxygens (including phenoxy) is 2. The van der Waals surface area contributed by atoms with Crippen LogP contribution in [0.3, 0.4) is 0 Å². The van der Waals surface area contributed by atoms with Gasteiger partial charge < -0.3 is 19.7 Å². The summed E-state index contributed by atoms with van der Waals surface area (Å²) in [6.45, 7) is 1.26. The van der Waals surface area contributed by atoms with Crippen molar-refractivity contribution in [2.45, 2.75) is 30.5 Å². The van der Waals surface area contributed by atoms with Gasteiger partial charge in [-0.15, -0.1) is 0 Å². The lowest BCUT2D eigenvalue weighted by Crippen LogP contribution is -2.24. The van der Waals surface area contributed by atoms with E-state index < -0.39 is 9.84 Å². The number of rotatable bonds is 8. The first-order chi connectivity index (χ1) is 19.8. The molecule has 1 amide bonds. The second-order valence-electron chi connectivity index (χ2n) is 10.5. The van der Waals surface area contributed by atoms with Gasteiger partial charge in [-0.2, -0.15) is 0 Å². The number of aromatic nitrogens is 3. The first kappa shape index (κ1) is 27.3. The van der Waals surface area contributed by atoms with Crippen LogP contribution in [0.15, 0.2) is 65.7 Å². The Morgan fingerprint density at radius 1 is 1.12 bits per heavy atom. The number of nitrogens with one attached hydrogen (secondary N) is 1. The SMILES string of the molecule is COC[C@H]1C[C@@H]1N(C)c1cccc(-c2ccc3cnc(CNC(=O)c4ccc5c(c4)S(=O)(=O)CCOC5)cc3n2)n1. The predicted molar refractivity (Wildman–Crippen MR) is 154 cm³/mol. The third-order valence-electron chi connectivity index (χ3n) is 7.60. The van der Waals surface area contributed by atoms with Crippen molar-refractivity contribution in [1.82, 2.24) is 20.3 Å². The summed E-state index contributed by atoms with van der Waals surface area (Å²) >= 11 is 0. The number of methoxy groups -OCH3 is 1. The molecule has 3 aromatic heterocycles. The number of benzene rings is 1. The van der Waals surface area contributed by atoms with Crippen LogP contribution in [0.25, 0.3) is 22.3 Å². The second-order valence-corrected chi connectivity index (χ2v) is 12.5. The summed E-state index contributed by atoms with van der Waals surface area (Å²) in [5.41, 5.74) is 3.72. The molecule has 1 N–H and O–H groups in total. The molecule has 4 aromatic rings. The summed E-state index contributed by atoms with van der Waals surface area (Å²) in [7, 11) is 0.287. The maximum atomic E-state index is 12.9. The molecule has 212 valence electrons. The van der Waals surface area contributed by atoms with Crippen molar-refractivity contribution >= 4 is 32.5 Å². The highest BCUT2D eigenvalue weighted by molar-refractivity contribution is 7.91. The van der Waals surface area contributed by atoms with E-state index in [2.05, 4.69) is 22.2 Å². The standard InChI is InChI=1S/C30H31N5O5S/c1-35(27-12-22(27)17-39-2)29-5-3-4-24(34-29)25-9-8-20-15-31-23(14-26(20)33-25)16-32-30(36)19-6-7-21-18-40-10-11-41(37,38)28(21)13-19/h3-9,13-15,22,27H,10-12,16-18H2,1-2H3,(H,32,36)/t22-,27+/m1/s1. The van der Waals surface area contributed by atoms with Crippen LogP contribution in [-0.2, 0) is 32.5 Å². The molecule has 41 heavy (non-hydrogen) atoms. The lowest BCUT2D eigenvalue weighted by Gasteiger charge is -2.19. The van der Waals surface area contributed by atoms with Gasteiger partial charge in [-0.25, -0.2) is 18.4 Å². The molecule has 1 aromatic carbocycles. The Morgan fingerprint density at radius 2 is 1.98 bits per heavy atom. The molecule has 0 spiro atoms. The zero-order valence-electron chi connectivity index (χ0n) is 22.9. The summed E-state index contributed by atoms with van der Waals surface area (Å²) in [5.74, 6) is 0.933. The lowest BCUT2D eigenvalue weighted by molar-refractivity contribution is 0.0950. The van der Waals surface area contributed by atoms with Gasteiger partial charge in [-0.1, -0.05) is 12.1 Å². The molecule has 0 unspecified atom stereocenters. The van der Waals surface area contributed by atoms with Crippen molar-refractivity contribution in [3.63, 3.8) is 0 Å². The molecule has 1 fully saturated rings. The molecule has 2 aliphatic rings. The molecular weight excluding hydrogens is 542 g/mol. The minimum absolute atomic E-state index is 0.104. The zero-order chi connectivity index (χ0) is 28.6. The minimum atomic E-state index is -3.51. The summed E-state index contributed by atoms with van der Waals surface area (Å²) in [4.78, 5) is 29.4. The van der Waals surface area contributed by atoms with Gasteiger partial charge in [0.1, 0.15) is 5.82 Å². The van der Waals surface area contributed by atoms with E-state index in [4.69, 9.17) is 19.4 Å². The van der Waals surface area contributed by atoms with Crippen LogP contribution in [0, 0.1) is 5.92 Å². The van der Waals surface area contributed by atoms with E-state index in [0.717, 1.165) is 41.1 Å². The fourth-order valence-corrected chi connectivity index (χ4v) is 6.56. The summed E-state index contributed by atoms with van der Waals surface area (Å²) in [6, 6.07) is 16.8. The smallest absolute Gasteiger partial charge is 0.251 e. The Morgan fingerprint density at radius 3 is 2.83 bits per heavy atom. The molecule has 4 heterocycles. The molecule has 1 aliphatic carbocycles. The summed E-state index contributed by atoms with van der Waals surface area (Å²) in [6.07, 6.45) is 2.82. The number of nitrogens with zero attached hydrogens (tertiary/aromatic N) is 4. The molecule has 0 bridgehead atoms. The molecule has 2 atom stereocenters. The van der Waals surface area contributed by atoms with Crippen molar-refractivity contribution in [2.75, 3.05) is 38.0 Å². The fraction of sp³-hybridized carbons (Fsp3) is 0.333. The van der Waals surface area contributed by atoms with Gasteiger partial charge >= 0.3 is 0 Å². The first-order valence-corrected chi connectivity index (χ1v) is 15.1.